The molecule has 26 heavy (non-hydrogen) atoms. The van der Waals surface area contributed by atoms with Crippen molar-refractivity contribution in [3.63, 3.8) is 0 Å². The minimum Gasteiger partial charge on any atom is -0.198 e. The summed E-state index contributed by atoms with van der Waals surface area (Å²) in [6.07, 6.45) is 2.44. The molecule has 136 valence electrons. The standard InChI is InChI=1S/C10H8ClN.C8H6ClN.C2H4Br2/c11-9-3-1-8(2-4-9)10(7-12)5-6-10;9-8-3-1-7(2-4-8)5-6-10;3-1-2-4/h1-4H,5-6H2;1-4H,5H2;1-2H2. The first-order valence-electron chi connectivity index (χ1n) is 7.92. The molecule has 2 aromatic carbocycles. The van der Waals surface area contributed by atoms with Gasteiger partial charge in [0.1, 0.15) is 0 Å². The Morgan fingerprint density at radius 2 is 1.31 bits per heavy atom. The second-order valence-corrected chi connectivity index (χ2v) is 8.00. The Morgan fingerprint density at radius 1 is 0.846 bits per heavy atom. The molecule has 0 amide bonds. The second-order valence-electron chi connectivity index (χ2n) is 5.54. The van der Waals surface area contributed by atoms with Gasteiger partial charge in [-0.3, -0.25) is 0 Å². The predicted octanol–water partition coefficient (Wildman–Crippen LogP) is 7.08. The van der Waals surface area contributed by atoms with Gasteiger partial charge in [-0.25, -0.2) is 0 Å². The summed E-state index contributed by atoms with van der Waals surface area (Å²) < 4.78 is 0. The molecule has 0 saturated heterocycles. The molecule has 0 radical (unpaired) electrons. The van der Waals surface area contributed by atoms with Crippen LogP contribution in [0.15, 0.2) is 48.5 Å². The molecule has 1 fully saturated rings. The van der Waals surface area contributed by atoms with Crippen LogP contribution in [0.3, 0.4) is 0 Å². The number of nitrogens with zero attached hydrogens (tertiary/aromatic N) is 2. The number of hydrogen-bond acceptors (Lipinski definition) is 2. The lowest BCUT2D eigenvalue weighted by Crippen LogP contribution is -2.01. The molecule has 6 heteroatoms. The van der Waals surface area contributed by atoms with E-state index in [0.29, 0.717) is 11.4 Å². The second kappa shape index (κ2) is 12.4. The molecule has 0 N–H and O–H groups in total. The Bertz CT molecular complexity index is 741. The van der Waals surface area contributed by atoms with Crippen LogP contribution in [0.25, 0.3) is 0 Å². The average molecular weight is 517 g/mol. The molecule has 1 aliphatic rings. The van der Waals surface area contributed by atoms with E-state index in [1.54, 1.807) is 12.1 Å². The fourth-order valence-corrected chi connectivity index (χ4v) is 2.30. The summed E-state index contributed by atoms with van der Waals surface area (Å²) in [5.41, 5.74) is 1.94. The smallest absolute Gasteiger partial charge is 0.0823 e. The van der Waals surface area contributed by atoms with Crippen molar-refractivity contribution in [3.05, 3.63) is 69.7 Å². The zero-order chi connectivity index (χ0) is 19.4. The minimum absolute atomic E-state index is 0.176. The zero-order valence-electron chi connectivity index (χ0n) is 14.1. The van der Waals surface area contributed by atoms with Crippen LogP contribution in [0.2, 0.25) is 10.0 Å². The molecule has 2 aromatic rings. The lowest BCUT2D eigenvalue weighted by atomic mass is 9.98. The topological polar surface area (TPSA) is 47.6 Å². The summed E-state index contributed by atoms with van der Waals surface area (Å²) in [6.45, 7) is 0. The lowest BCUT2D eigenvalue weighted by Gasteiger charge is -2.04. The van der Waals surface area contributed by atoms with E-state index in [-0.39, 0.29) is 5.41 Å². The molecule has 0 spiro atoms. The summed E-state index contributed by atoms with van der Waals surface area (Å²) >= 11 is 17.8. The van der Waals surface area contributed by atoms with E-state index in [1.807, 2.05) is 36.4 Å². The third-order valence-corrected chi connectivity index (χ3v) is 5.99. The van der Waals surface area contributed by atoms with Gasteiger partial charge < -0.3 is 0 Å². The van der Waals surface area contributed by atoms with Gasteiger partial charge in [0.2, 0.25) is 0 Å². The highest BCUT2D eigenvalue weighted by Gasteiger charge is 2.44. The van der Waals surface area contributed by atoms with Gasteiger partial charge in [0.05, 0.1) is 24.0 Å². The fourth-order valence-electron chi connectivity index (χ4n) is 2.05. The number of rotatable bonds is 3. The molecule has 0 atom stereocenters. The van der Waals surface area contributed by atoms with Crippen molar-refractivity contribution in [3.8, 4) is 12.1 Å². The number of alkyl halides is 2. The molecule has 2 nitrogen and oxygen atoms in total. The van der Waals surface area contributed by atoms with Crippen molar-refractivity contribution in [1.29, 1.82) is 10.5 Å². The van der Waals surface area contributed by atoms with Crippen LogP contribution >= 0.6 is 55.1 Å². The third-order valence-electron chi connectivity index (χ3n) is 3.63. The summed E-state index contributed by atoms with van der Waals surface area (Å²) in [4.78, 5) is 0. The van der Waals surface area contributed by atoms with Crippen LogP contribution in [0.5, 0.6) is 0 Å². The summed E-state index contributed by atoms with van der Waals surface area (Å²) in [5, 5.41) is 20.7. The van der Waals surface area contributed by atoms with E-state index < -0.39 is 0 Å². The fraction of sp³-hybridized carbons (Fsp3) is 0.300. The van der Waals surface area contributed by atoms with Gasteiger partial charge in [-0.05, 0) is 48.2 Å². The molecule has 3 rings (SSSR count). The third kappa shape index (κ3) is 8.11. The SMILES string of the molecule is BrCCBr.N#CC1(c2ccc(Cl)cc2)CC1.N#CCc1ccc(Cl)cc1. The minimum atomic E-state index is -0.176. The Kier molecular flexibility index (Phi) is 10.9. The highest BCUT2D eigenvalue weighted by atomic mass is 79.9. The molecule has 0 bridgehead atoms. The van der Waals surface area contributed by atoms with E-state index >= 15 is 0 Å². The molecule has 0 heterocycles. The lowest BCUT2D eigenvalue weighted by molar-refractivity contribution is 0.909. The van der Waals surface area contributed by atoms with Crippen LogP contribution in [0, 0.1) is 22.7 Å². The average Bonchev–Trinajstić information content (AvgIpc) is 3.46. The van der Waals surface area contributed by atoms with E-state index in [0.717, 1.165) is 39.7 Å². The zero-order valence-corrected chi connectivity index (χ0v) is 18.7. The monoisotopic (exact) mass is 514 g/mol. The van der Waals surface area contributed by atoms with E-state index in [1.165, 1.54) is 0 Å². The van der Waals surface area contributed by atoms with Gasteiger partial charge in [0, 0.05) is 20.7 Å². The highest BCUT2D eigenvalue weighted by Crippen LogP contribution is 2.47. The van der Waals surface area contributed by atoms with Gasteiger partial charge in [-0.1, -0.05) is 79.3 Å². The number of nitriles is 2. The molecule has 0 unspecified atom stereocenters. The first-order valence-corrected chi connectivity index (χ1v) is 10.9. The molecular weight excluding hydrogens is 499 g/mol. The van der Waals surface area contributed by atoms with Gasteiger partial charge in [0.15, 0.2) is 0 Å². The van der Waals surface area contributed by atoms with Crippen LogP contribution in [-0.2, 0) is 11.8 Å². The van der Waals surface area contributed by atoms with E-state index in [2.05, 4.69) is 44.0 Å². The first kappa shape index (κ1) is 23.0. The van der Waals surface area contributed by atoms with Crippen molar-refractivity contribution >= 4 is 55.1 Å². The maximum atomic E-state index is 8.90. The van der Waals surface area contributed by atoms with Crippen LogP contribution < -0.4 is 0 Å². The van der Waals surface area contributed by atoms with Crippen LogP contribution in [-0.4, -0.2) is 10.7 Å². The molecule has 0 aromatic heterocycles. The Labute approximate surface area is 182 Å². The Balaban J connectivity index is 0.000000220. The van der Waals surface area contributed by atoms with Crippen molar-refractivity contribution in [2.75, 3.05) is 10.7 Å². The van der Waals surface area contributed by atoms with Gasteiger partial charge in [-0.15, -0.1) is 0 Å². The number of benzene rings is 2. The normalized spacial score (nSPS) is 13.0. The molecular formula is C20H18Br2Cl2N2. The first-order chi connectivity index (χ1) is 12.5. The maximum Gasteiger partial charge on any atom is 0.0823 e. The number of halogens is 4. The highest BCUT2D eigenvalue weighted by molar-refractivity contribution is 9.11. The molecule has 1 saturated carbocycles. The van der Waals surface area contributed by atoms with Crippen LogP contribution in [0.1, 0.15) is 24.0 Å². The van der Waals surface area contributed by atoms with Crippen molar-refractivity contribution in [1.82, 2.24) is 0 Å². The molecule has 0 aliphatic heterocycles. The van der Waals surface area contributed by atoms with Crippen LogP contribution in [0.4, 0.5) is 0 Å². The summed E-state index contributed by atoms with van der Waals surface area (Å²) in [5.74, 6) is 0. The largest absolute Gasteiger partial charge is 0.198 e. The van der Waals surface area contributed by atoms with Crippen molar-refractivity contribution in [2.24, 2.45) is 0 Å². The number of hydrogen-bond donors (Lipinski definition) is 0. The molecule has 1 aliphatic carbocycles. The van der Waals surface area contributed by atoms with Gasteiger partial charge >= 0.3 is 0 Å². The quantitative estimate of drug-likeness (QED) is 0.409. The Hall–Kier alpha value is -1.04. The van der Waals surface area contributed by atoms with E-state index in [9.17, 15) is 0 Å². The maximum absolute atomic E-state index is 8.90. The van der Waals surface area contributed by atoms with Gasteiger partial charge in [0.25, 0.3) is 0 Å². The summed E-state index contributed by atoms with van der Waals surface area (Å²) in [7, 11) is 0. The summed E-state index contributed by atoms with van der Waals surface area (Å²) in [6, 6.07) is 19.3. The van der Waals surface area contributed by atoms with Crippen molar-refractivity contribution in [2.45, 2.75) is 24.7 Å². The van der Waals surface area contributed by atoms with E-state index in [4.69, 9.17) is 33.7 Å². The predicted molar refractivity (Wildman–Crippen MR) is 116 cm³/mol. The van der Waals surface area contributed by atoms with Gasteiger partial charge in [-0.2, -0.15) is 10.5 Å². The Morgan fingerprint density at radius 3 is 1.65 bits per heavy atom. The van der Waals surface area contributed by atoms with Crippen molar-refractivity contribution < 1.29 is 0 Å².